The van der Waals surface area contributed by atoms with Crippen molar-refractivity contribution in [3.63, 3.8) is 0 Å². The molecule has 1 amide bonds. The summed E-state index contributed by atoms with van der Waals surface area (Å²) in [5, 5.41) is 8.51. The van der Waals surface area contributed by atoms with Crippen molar-refractivity contribution in [1.82, 2.24) is 15.1 Å². The second kappa shape index (κ2) is 8.53. The zero-order valence-corrected chi connectivity index (χ0v) is 17.3. The van der Waals surface area contributed by atoms with Gasteiger partial charge in [-0.3, -0.25) is 4.79 Å². The van der Waals surface area contributed by atoms with E-state index in [2.05, 4.69) is 20.0 Å². The topological polar surface area (TPSA) is 52.6 Å². The van der Waals surface area contributed by atoms with Crippen molar-refractivity contribution in [2.75, 3.05) is 49.1 Å². The molecule has 0 N–H and O–H groups in total. The maximum absolute atomic E-state index is 13.4. The Morgan fingerprint density at radius 1 is 1.00 bits per heavy atom. The summed E-state index contributed by atoms with van der Waals surface area (Å²) < 4.78 is 13.4. The number of hydrogen-bond acceptors (Lipinski definition) is 5. The predicted molar refractivity (Wildman–Crippen MR) is 112 cm³/mol. The van der Waals surface area contributed by atoms with Gasteiger partial charge in [0.1, 0.15) is 5.82 Å². The quantitative estimate of drug-likeness (QED) is 0.767. The van der Waals surface area contributed by atoms with Crippen molar-refractivity contribution in [3.05, 3.63) is 46.9 Å². The first kappa shape index (κ1) is 19.9. The molecule has 6 nitrogen and oxygen atoms in total. The summed E-state index contributed by atoms with van der Waals surface area (Å²) in [5.41, 5.74) is 1.80. The van der Waals surface area contributed by atoms with Crippen LogP contribution in [0.1, 0.15) is 18.5 Å². The Labute approximate surface area is 175 Å². The summed E-state index contributed by atoms with van der Waals surface area (Å²) in [5.74, 6) is 0.785. The molecule has 2 aliphatic rings. The molecular formula is C21H25ClFN5O. The van der Waals surface area contributed by atoms with Gasteiger partial charge in [-0.2, -0.15) is 5.10 Å². The fourth-order valence-electron chi connectivity index (χ4n) is 4.04. The number of piperidine rings is 1. The number of hydrogen-bond donors (Lipinski definition) is 0. The van der Waals surface area contributed by atoms with Gasteiger partial charge >= 0.3 is 0 Å². The number of carbonyl (C=O) groups is 1. The molecule has 0 aliphatic carbocycles. The molecule has 29 heavy (non-hydrogen) atoms. The van der Waals surface area contributed by atoms with Gasteiger partial charge in [-0.15, -0.1) is 5.10 Å². The lowest BCUT2D eigenvalue weighted by molar-refractivity contribution is -0.136. The minimum Gasteiger partial charge on any atom is -0.368 e. The van der Waals surface area contributed by atoms with Crippen molar-refractivity contribution >= 4 is 29.0 Å². The second-order valence-corrected chi connectivity index (χ2v) is 8.11. The van der Waals surface area contributed by atoms with Crippen LogP contribution in [0.4, 0.5) is 15.9 Å². The summed E-state index contributed by atoms with van der Waals surface area (Å²) in [4.78, 5) is 19.3. The molecule has 1 aromatic heterocycles. The molecule has 2 saturated heterocycles. The van der Waals surface area contributed by atoms with E-state index in [0.717, 1.165) is 56.2 Å². The molecule has 0 bridgehead atoms. The third-order valence-corrected chi connectivity index (χ3v) is 6.10. The van der Waals surface area contributed by atoms with Crippen LogP contribution in [0, 0.1) is 18.7 Å². The van der Waals surface area contributed by atoms with Gasteiger partial charge < -0.3 is 14.7 Å². The van der Waals surface area contributed by atoms with Crippen LogP contribution in [-0.2, 0) is 4.79 Å². The highest BCUT2D eigenvalue weighted by atomic mass is 35.5. The first-order valence-corrected chi connectivity index (χ1v) is 10.4. The van der Waals surface area contributed by atoms with Gasteiger partial charge in [0.05, 0.1) is 10.7 Å². The number of anilines is 2. The molecule has 1 aromatic carbocycles. The Balaban J connectivity index is 1.29. The van der Waals surface area contributed by atoms with E-state index in [1.165, 1.54) is 6.07 Å². The average molecular weight is 418 g/mol. The summed E-state index contributed by atoms with van der Waals surface area (Å²) in [6, 6.07) is 8.74. The van der Waals surface area contributed by atoms with Crippen molar-refractivity contribution < 1.29 is 9.18 Å². The smallest absolute Gasteiger partial charge is 0.225 e. The summed E-state index contributed by atoms with van der Waals surface area (Å²) in [7, 11) is 0. The number of halogens is 2. The molecule has 0 spiro atoms. The number of carbonyl (C=O) groups excluding carboxylic acids is 1. The highest BCUT2D eigenvalue weighted by molar-refractivity contribution is 6.31. The maximum Gasteiger partial charge on any atom is 0.225 e. The van der Waals surface area contributed by atoms with Crippen LogP contribution in [0.25, 0.3) is 0 Å². The van der Waals surface area contributed by atoms with Gasteiger partial charge in [0.15, 0.2) is 5.82 Å². The van der Waals surface area contributed by atoms with E-state index in [4.69, 9.17) is 11.6 Å². The van der Waals surface area contributed by atoms with Crippen molar-refractivity contribution in [2.24, 2.45) is 5.92 Å². The fraction of sp³-hybridized carbons (Fsp3) is 0.476. The molecule has 2 aliphatic heterocycles. The van der Waals surface area contributed by atoms with Crippen molar-refractivity contribution in [1.29, 1.82) is 0 Å². The van der Waals surface area contributed by atoms with Gasteiger partial charge in [0, 0.05) is 50.9 Å². The zero-order valence-electron chi connectivity index (χ0n) is 16.5. The Hall–Kier alpha value is -2.41. The number of nitrogens with zero attached hydrogens (tertiary/aromatic N) is 5. The Morgan fingerprint density at radius 2 is 1.72 bits per heavy atom. The minimum absolute atomic E-state index is 0.0662. The Morgan fingerprint density at radius 3 is 2.34 bits per heavy atom. The molecule has 4 rings (SSSR count). The number of rotatable bonds is 3. The van der Waals surface area contributed by atoms with E-state index in [0.29, 0.717) is 13.1 Å². The van der Waals surface area contributed by atoms with Crippen molar-refractivity contribution in [3.8, 4) is 0 Å². The second-order valence-electron chi connectivity index (χ2n) is 7.70. The van der Waals surface area contributed by atoms with Crippen molar-refractivity contribution in [2.45, 2.75) is 19.8 Å². The van der Waals surface area contributed by atoms with E-state index >= 15 is 0 Å². The highest BCUT2D eigenvalue weighted by Gasteiger charge is 2.31. The molecule has 2 aromatic rings. The normalized spacial score (nSPS) is 18.2. The minimum atomic E-state index is -0.410. The van der Waals surface area contributed by atoms with Crippen LogP contribution in [0.2, 0.25) is 5.02 Å². The Kier molecular flexibility index (Phi) is 5.85. The number of piperazine rings is 1. The lowest BCUT2D eigenvalue weighted by Crippen LogP contribution is -2.51. The lowest BCUT2D eigenvalue weighted by atomic mass is 9.95. The van der Waals surface area contributed by atoms with E-state index in [1.807, 2.05) is 24.0 Å². The zero-order chi connectivity index (χ0) is 20.4. The van der Waals surface area contributed by atoms with Gasteiger partial charge in [0.25, 0.3) is 0 Å². The van der Waals surface area contributed by atoms with Crippen LogP contribution in [0.3, 0.4) is 0 Å². The standard InChI is InChI=1S/C21H25ClFN5O/c1-15-2-5-20(25-24-15)27-8-6-16(7-9-27)21(29)28-12-10-26(11-13-28)17-3-4-19(23)18(22)14-17/h2-5,14,16H,6-13H2,1H3. The third-order valence-electron chi connectivity index (χ3n) is 5.81. The lowest BCUT2D eigenvalue weighted by Gasteiger charge is -2.39. The van der Waals surface area contributed by atoms with Crippen LogP contribution < -0.4 is 9.80 Å². The van der Waals surface area contributed by atoms with Gasteiger partial charge in [-0.25, -0.2) is 4.39 Å². The van der Waals surface area contributed by atoms with Crippen LogP contribution >= 0.6 is 11.6 Å². The van der Waals surface area contributed by atoms with Gasteiger partial charge in [0.2, 0.25) is 5.91 Å². The highest BCUT2D eigenvalue weighted by Crippen LogP contribution is 2.26. The first-order chi connectivity index (χ1) is 14.0. The maximum atomic E-state index is 13.4. The molecule has 154 valence electrons. The van der Waals surface area contributed by atoms with E-state index in [-0.39, 0.29) is 16.8 Å². The molecule has 0 saturated carbocycles. The number of aromatic nitrogens is 2. The fourth-order valence-corrected chi connectivity index (χ4v) is 4.22. The third kappa shape index (κ3) is 4.45. The molecule has 2 fully saturated rings. The van der Waals surface area contributed by atoms with Crippen LogP contribution in [0.5, 0.6) is 0 Å². The molecular weight excluding hydrogens is 393 g/mol. The SMILES string of the molecule is Cc1ccc(N2CCC(C(=O)N3CCN(c4ccc(F)c(Cl)c4)CC3)CC2)nn1. The summed E-state index contributed by atoms with van der Waals surface area (Å²) in [6.07, 6.45) is 1.67. The number of benzene rings is 1. The first-order valence-electron chi connectivity index (χ1n) is 10.1. The monoisotopic (exact) mass is 417 g/mol. The van der Waals surface area contributed by atoms with E-state index in [1.54, 1.807) is 12.1 Å². The van der Waals surface area contributed by atoms with Gasteiger partial charge in [-0.1, -0.05) is 11.6 Å². The summed E-state index contributed by atoms with van der Waals surface area (Å²) in [6.45, 7) is 6.38. The predicted octanol–water partition coefficient (Wildman–Crippen LogP) is 3.14. The number of amides is 1. The molecule has 0 unspecified atom stereocenters. The average Bonchev–Trinajstić information content (AvgIpc) is 2.76. The number of aryl methyl sites for hydroxylation is 1. The van der Waals surface area contributed by atoms with Gasteiger partial charge in [-0.05, 0) is 50.1 Å². The molecule has 0 atom stereocenters. The van der Waals surface area contributed by atoms with Crippen LogP contribution in [-0.4, -0.2) is 60.3 Å². The molecule has 8 heteroatoms. The van der Waals surface area contributed by atoms with E-state index in [9.17, 15) is 9.18 Å². The largest absolute Gasteiger partial charge is 0.368 e. The van der Waals surface area contributed by atoms with E-state index < -0.39 is 5.82 Å². The Bertz CT molecular complexity index is 862. The van der Waals surface area contributed by atoms with Crippen LogP contribution in [0.15, 0.2) is 30.3 Å². The molecule has 3 heterocycles. The molecule has 0 radical (unpaired) electrons. The summed E-state index contributed by atoms with van der Waals surface area (Å²) >= 11 is 5.90.